The Morgan fingerprint density at radius 3 is 2.33 bits per heavy atom. The second kappa shape index (κ2) is 15.5. The molecule has 212 valence electrons. The first-order valence-electron chi connectivity index (χ1n) is 13.5. The number of aliphatic imine (C=N–C) groups is 2. The van der Waals surface area contributed by atoms with Gasteiger partial charge in [-0.15, -0.1) is 0 Å². The van der Waals surface area contributed by atoms with Gasteiger partial charge < -0.3 is 20.1 Å². The number of aliphatic hydroxyl groups is 1. The van der Waals surface area contributed by atoms with E-state index in [-0.39, 0.29) is 42.0 Å². The van der Waals surface area contributed by atoms with Gasteiger partial charge in [-0.3, -0.25) is 14.9 Å². The molecule has 0 aromatic heterocycles. The molecule has 0 amide bonds. The number of carbonyl (C=O) groups excluding carboxylic acids is 1. The molecular weight excluding hydrogens is 549 g/mol. The molecule has 0 radical (unpaired) electrons. The first-order valence-corrected chi connectivity index (χ1v) is 13.5. The van der Waals surface area contributed by atoms with E-state index in [9.17, 15) is 20.1 Å². The SMILES string of the molecule is Cc1cccc([C@H](CCO)[C@H](N=C(c2ccccc2)c2ccccc2N=C([O-])CN2CCCCC2)C(=O)[O-])c1.[Ni+2]. The van der Waals surface area contributed by atoms with Gasteiger partial charge in [0.1, 0.15) is 0 Å². The van der Waals surface area contributed by atoms with Crippen LogP contribution in [0.15, 0.2) is 88.8 Å². The number of hydrogen-bond acceptors (Lipinski definition) is 7. The van der Waals surface area contributed by atoms with E-state index < -0.39 is 17.9 Å². The number of aliphatic hydroxyl groups excluding tert-OH is 1. The number of para-hydroxylation sites is 1. The molecule has 40 heavy (non-hydrogen) atoms. The van der Waals surface area contributed by atoms with Gasteiger partial charge in [0, 0.05) is 30.2 Å². The van der Waals surface area contributed by atoms with Crippen molar-refractivity contribution in [3.8, 4) is 0 Å². The monoisotopic (exact) mass is 583 g/mol. The van der Waals surface area contributed by atoms with E-state index in [1.54, 1.807) is 18.2 Å². The minimum Gasteiger partial charge on any atom is -0.861 e. The summed E-state index contributed by atoms with van der Waals surface area (Å²) in [6, 6.07) is 22.8. The van der Waals surface area contributed by atoms with Gasteiger partial charge in [0.2, 0.25) is 0 Å². The van der Waals surface area contributed by atoms with Crippen LogP contribution in [0.2, 0.25) is 0 Å². The third-order valence-corrected chi connectivity index (χ3v) is 7.06. The molecule has 1 fully saturated rings. The largest absolute Gasteiger partial charge is 2.00 e. The Bertz CT molecular complexity index is 1310. The van der Waals surface area contributed by atoms with Crippen molar-refractivity contribution in [2.75, 3.05) is 26.2 Å². The Morgan fingerprint density at radius 2 is 1.65 bits per heavy atom. The number of rotatable bonds is 11. The van der Waals surface area contributed by atoms with Crippen molar-refractivity contribution in [2.24, 2.45) is 9.98 Å². The Labute approximate surface area is 246 Å². The van der Waals surface area contributed by atoms with Crippen molar-refractivity contribution in [1.82, 2.24) is 4.90 Å². The summed E-state index contributed by atoms with van der Waals surface area (Å²) in [6.45, 7) is 3.76. The standard InChI is InChI=1S/C32H37N3O4.Ni/c1-23-11-10-14-25(21-23)26(17-20-36)31(32(38)39)34-30(24-12-4-2-5-13-24)27-15-6-7-16-28(27)33-29(37)22-35-18-8-3-9-19-35;/h2,4-7,10-16,21,26,31,36H,3,8-9,17-20,22H2,1H3,(H,33,37)(H,38,39);/q;+2/p-2/t26-,31-;/m0./s1. The van der Waals surface area contributed by atoms with Gasteiger partial charge in [-0.05, 0) is 56.8 Å². The molecule has 1 aliphatic heterocycles. The zero-order chi connectivity index (χ0) is 27.6. The third-order valence-electron chi connectivity index (χ3n) is 7.06. The number of nitrogens with zero attached hydrogens (tertiary/aromatic N) is 3. The average Bonchev–Trinajstić information content (AvgIpc) is 2.94. The van der Waals surface area contributed by atoms with Gasteiger partial charge in [-0.25, -0.2) is 0 Å². The molecular formula is C32H35N3NiO4. The van der Waals surface area contributed by atoms with Gasteiger partial charge in [0.05, 0.1) is 23.4 Å². The van der Waals surface area contributed by atoms with Crippen LogP contribution in [0.1, 0.15) is 53.9 Å². The fourth-order valence-corrected chi connectivity index (χ4v) is 5.14. The number of aliphatic carboxylic acids is 1. The van der Waals surface area contributed by atoms with Crippen LogP contribution in [0.25, 0.3) is 0 Å². The Hall–Kier alpha value is -3.32. The summed E-state index contributed by atoms with van der Waals surface area (Å²) in [6.07, 6.45) is 3.54. The van der Waals surface area contributed by atoms with Gasteiger partial charge in [0.15, 0.2) is 0 Å². The molecule has 0 aliphatic carbocycles. The van der Waals surface area contributed by atoms with E-state index in [4.69, 9.17) is 4.99 Å². The van der Waals surface area contributed by atoms with E-state index in [0.29, 0.717) is 22.5 Å². The minimum absolute atomic E-state index is 0. The topological polar surface area (TPSA) is 111 Å². The molecule has 1 saturated heterocycles. The van der Waals surface area contributed by atoms with E-state index in [1.165, 1.54) is 6.42 Å². The molecule has 0 bridgehead atoms. The Kier molecular flexibility index (Phi) is 12.1. The zero-order valence-electron chi connectivity index (χ0n) is 22.6. The molecule has 0 unspecified atom stereocenters. The van der Waals surface area contributed by atoms with Gasteiger partial charge in [-0.1, -0.05) is 84.8 Å². The molecule has 4 rings (SSSR count). The fraction of sp³-hybridized carbons (Fsp3) is 0.344. The average molecular weight is 584 g/mol. The zero-order valence-corrected chi connectivity index (χ0v) is 23.6. The number of hydrogen-bond donors (Lipinski definition) is 1. The van der Waals surface area contributed by atoms with Crippen molar-refractivity contribution < 1.29 is 36.6 Å². The maximum atomic E-state index is 13.0. The van der Waals surface area contributed by atoms with Crippen molar-refractivity contribution >= 4 is 23.3 Å². The summed E-state index contributed by atoms with van der Waals surface area (Å²) in [5, 5.41) is 35.4. The number of likely N-dealkylation sites (tertiary alicyclic amines) is 1. The Morgan fingerprint density at radius 1 is 0.950 bits per heavy atom. The summed E-state index contributed by atoms with van der Waals surface area (Å²) in [5.74, 6) is -2.19. The normalized spacial score (nSPS) is 16.1. The Balaban J connectivity index is 0.00000441. The van der Waals surface area contributed by atoms with Crippen molar-refractivity contribution in [2.45, 2.75) is 44.6 Å². The van der Waals surface area contributed by atoms with E-state index in [1.807, 2.05) is 67.6 Å². The van der Waals surface area contributed by atoms with Crippen molar-refractivity contribution in [3.05, 3.63) is 101 Å². The maximum absolute atomic E-state index is 13.0. The number of benzene rings is 3. The first-order chi connectivity index (χ1) is 19.0. The molecule has 7 nitrogen and oxygen atoms in total. The van der Waals surface area contributed by atoms with Crippen LogP contribution in [0.4, 0.5) is 5.69 Å². The summed E-state index contributed by atoms with van der Waals surface area (Å²) in [7, 11) is 0. The third kappa shape index (κ3) is 8.34. The fourth-order valence-electron chi connectivity index (χ4n) is 5.14. The molecule has 1 heterocycles. The number of carbonyl (C=O) groups is 1. The van der Waals surface area contributed by atoms with E-state index in [0.717, 1.165) is 37.1 Å². The molecule has 8 heteroatoms. The van der Waals surface area contributed by atoms with Crippen LogP contribution < -0.4 is 10.2 Å². The maximum Gasteiger partial charge on any atom is 2.00 e. The quantitative estimate of drug-likeness (QED) is 0.212. The number of carboxylic acids is 1. The van der Waals surface area contributed by atoms with Crippen LogP contribution in [0.5, 0.6) is 0 Å². The van der Waals surface area contributed by atoms with Crippen LogP contribution >= 0.6 is 0 Å². The van der Waals surface area contributed by atoms with Crippen molar-refractivity contribution in [3.63, 3.8) is 0 Å². The summed E-state index contributed by atoms with van der Waals surface area (Å²) in [5.41, 5.74) is 3.86. The summed E-state index contributed by atoms with van der Waals surface area (Å²) < 4.78 is 0. The van der Waals surface area contributed by atoms with Crippen molar-refractivity contribution in [1.29, 1.82) is 0 Å². The minimum atomic E-state index is -1.33. The van der Waals surface area contributed by atoms with Gasteiger partial charge >= 0.3 is 16.5 Å². The summed E-state index contributed by atoms with van der Waals surface area (Å²) >= 11 is 0. The molecule has 0 saturated carbocycles. The first kappa shape index (κ1) is 31.2. The molecule has 1 N–H and O–H groups in total. The predicted molar refractivity (Wildman–Crippen MR) is 150 cm³/mol. The van der Waals surface area contributed by atoms with Crippen LogP contribution in [-0.2, 0) is 21.3 Å². The second-order valence-electron chi connectivity index (χ2n) is 10.0. The van der Waals surface area contributed by atoms with E-state index >= 15 is 0 Å². The number of carboxylic acid groups (broad SMARTS) is 1. The molecule has 3 aromatic carbocycles. The van der Waals surface area contributed by atoms with Crippen LogP contribution in [0.3, 0.4) is 0 Å². The number of aryl methyl sites for hydroxylation is 1. The molecule has 1 aliphatic rings. The molecule has 3 aromatic rings. The van der Waals surface area contributed by atoms with E-state index in [2.05, 4.69) is 9.89 Å². The molecule has 0 spiro atoms. The van der Waals surface area contributed by atoms with Gasteiger partial charge in [-0.2, -0.15) is 0 Å². The summed E-state index contributed by atoms with van der Waals surface area (Å²) in [4.78, 5) is 23.9. The molecule has 2 atom stereocenters. The predicted octanol–water partition coefficient (Wildman–Crippen LogP) is 2.99. The smallest absolute Gasteiger partial charge is 0.861 e. The second-order valence-corrected chi connectivity index (χ2v) is 10.0. The van der Waals surface area contributed by atoms with Crippen LogP contribution in [0, 0.1) is 6.92 Å². The van der Waals surface area contributed by atoms with Gasteiger partial charge in [0.25, 0.3) is 0 Å². The van der Waals surface area contributed by atoms with Crippen LogP contribution in [-0.4, -0.2) is 59.9 Å². The number of piperidine rings is 1.